The van der Waals surface area contributed by atoms with E-state index in [0.717, 1.165) is 30.0 Å². The van der Waals surface area contributed by atoms with Gasteiger partial charge in [-0.2, -0.15) is 4.68 Å². The maximum absolute atomic E-state index is 4.40. The van der Waals surface area contributed by atoms with Gasteiger partial charge in [0.2, 0.25) is 0 Å². The molecule has 0 aliphatic heterocycles. The normalized spacial score (nSPS) is 16.2. The highest BCUT2D eigenvalue weighted by Gasteiger charge is 2.40. The van der Waals surface area contributed by atoms with Crippen molar-refractivity contribution >= 4 is 5.69 Å². The van der Waals surface area contributed by atoms with Crippen molar-refractivity contribution in [3.63, 3.8) is 0 Å². The number of hydrogen-bond donors (Lipinski definition) is 1. The number of anilines is 1. The van der Waals surface area contributed by atoms with Gasteiger partial charge in [0.25, 0.3) is 0 Å². The molecule has 5 nitrogen and oxygen atoms in total. The highest BCUT2D eigenvalue weighted by molar-refractivity contribution is 5.48. The maximum Gasteiger partial charge on any atom is 0.181 e. The van der Waals surface area contributed by atoms with Crippen molar-refractivity contribution in [2.24, 2.45) is 0 Å². The van der Waals surface area contributed by atoms with Gasteiger partial charge in [-0.25, -0.2) is 0 Å². The molecule has 5 heteroatoms. The number of tetrazole rings is 1. The highest BCUT2D eigenvalue weighted by atomic mass is 15.6. The largest absolute Gasteiger partial charge is 0.373 e. The van der Waals surface area contributed by atoms with E-state index in [0.29, 0.717) is 0 Å². The first kappa shape index (κ1) is 14.9. The molecule has 1 aromatic heterocycles. The molecule has 24 heavy (non-hydrogen) atoms. The second-order valence-corrected chi connectivity index (χ2v) is 6.53. The molecule has 2 aromatic carbocycles. The Hall–Kier alpha value is -2.69. The molecule has 0 radical (unpaired) electrons. The van der Waals surface area contributed by atoms with Gasteiger partial charge in [-0.05, 0) is 54.5 Å². The van der Waals surface area contributed by atoms with E-state index in [1.807, 2.05) is 35.0 Å². The van der Waals surface area contributed by atoms with Gasteiger partial charge in [0.1, 0.15) is 0 Å². The lowest BCUT2D eigenvalue weighted by molar-refractivity contribution is 0.461. The Morgan fingerprint density at radius 2 is 1.67 bits per heavy atom. The quantitative estimate of drug-likeness (QED) is 0.793. The van der Waals surface area contributed by atoms with Gasteiger partial charge in [0.15, 0.2) is 5.82 Å². The third-order valence-corrected chi connectivity index (χ3v) is 4.79. The summed E-state index contributed by atoms with van der Waals surface area (Å²) in [4.78, 5) is 0. The highest BCUT2D eigenvalue weighted by Crippen LogP contribution is 2.41. The summed E-state index contributed by atoms with van der Waals surface area (Å²) in [5.41, 5.74) is 3.16. The molecule has 0 bridgehead atoms. The Morgan fingerprint density at radius 3 is 2.38 bits per heavy atom. The second kappa shape index (κ2) is 6.07. The van der Waals surface area contributed by atoms with Crippen molar-refractivity contribution in [3.05, 3.63) is 66.0 Å². The first-order valence-corrected chi connectivity index (χ1v) is 8.46. The zero-order valence-corrected chi connectivity index (χ0v) is 13.8. The molecule has 3 aromatic rings. The average molecular weight is 319 g/mol. The number of para-hydroxylation sites is 1. The zero-order chi connectivity index (χ0) is 16.4. The second-order valence-electron chi connectivity index (χ2n) is 6.53. The minimum atomic E-state index is -0.214. The maximum atomic E-state index is 4.40. The molecule has 0 atom stereocenters. The predicted octanol–water partition coefficient (Wildman–Crippen LogP) is 3.85. The van der Waals surface area contributed by atoms with Crippen molar-refractivity contribution in [1.29, 1.82) is 0 Å². The average Bonchev–Trinajstić information content (AvgIpc) is 3.28. The molecule has 122 valence electrons. The van der Waals surface area contributed by atoms with Crippen LogP contribution in [0.25, 0.3) is 5.69 Å². The number of hydrogen-bond acceptors (Lipinski definition) is 4. The summed E-state index contributed by atoms with van der Waals surface area (Å²) in [5, 5.41) is 16.3. The van der Waals surface area contributed by atoms with Gasteiger partial charge in [-0.3, -0.25) is 0 Å². The Balaban J connectivity index is 1.74. The summed E-state index contributed by atoms with van der Waals surface area (Å²) in [6, 6.07) is 18.6. The Labute approximate surface area is 141 Å². The van der Waals surface area contributed by atoms with Crippen LogP contribution in [-0.2, 0) is 5.54 Å². The first-order valence-electron chi connectivity index (χ1n) is 8.46. The molecule has 0 saturated heterocycles. The molecule has 0 spiro atoms. The predicted molar refractivity (Wildman–Crippen MR) is 94.1 cm³/mol. The summed E-state index contributed by atoms with van der Waals surface area (Å²) in [6.45, 7) is 2.10. The van der Waals surface area contributed by atoms with Crippen LogP contribution in [0.1, 0.15) is 37.1 Å². The summed E-state index contributed by atoms with van der Waals surface area (Å²) < 4.78 is 1.87. The van der Waals surface area contributed by atoms with Crippen molar-refractivity contribution in [3.8, 4) is 5.69 Å². The van der Waals surface area contributed by atoms with Crippen LogP contribution >= 0.6 is 0 Å². The summed E-state index contributed by atoms with van der Waals surface area (Å²) in [7, 11) is 0. The molecule has 1 heterocycles. The fourth-order valence-electron chi connectivity index (χ4n) is 3.52. The van der Waals surface area contributed by atoms with E-state index < -0.39 is 0 Å². The van der Waals surface area contributed by atoms with Crippen LogP contribution < -0.4 is 5.32 Å². The standard InChI is InChI=1S/C19H21N5/c1-15-9-11-16(12-10-15)20-19(13-5-6-14-19)18-21-22-23-24(18)17-7-3-2-4-8-17/h2-4,7-12,20H,5-6,13-14H2,1H3. The molecule has 4 rings (SSSR count). The van der Waals surface area contributed by atoms with E-state index in [-0.39, 0.29) is 5.54 Å². The number of nitrogens with zero attached hydrogens (tertiary/aromatic N) is 4. The van der Waals surface area contributed by atoms with Crippen molar-refractivity contribution in [2.45, 2.75) is 38.1 Å². The zero-order valence-electron chi connectivity index (χ0n) is 13.8. The minimum Gasteiger partial charge on any atom is -0.373 e. The molecule has 0 amide bonds. The van der Waals surface area contributed by atoms with Crippen LogP contribution in [0.5, 0.6) is 0 Å². The molecule has 1 aliphatic carbocycles. The van der Waals surface area contributed by atoms with E-state index in [9.17, 15) is 0 Å². The number of nitrogens with one attached hydrogen (secondary N) is 1. The van der Waals surface area contributed by atoms with Gasteiger partial charge in [0, 0.05) is 5.69 Å². The smallest absolute Gasteiger partial charge is 0.181 e. The Bertz CT molecular complexity index is 801. The molecule has 0 unspecified atom stereocenters. The SMILES string of the molecule is Cc1ccc(NC2(c3nnnn3-c3ccccc3)CCCC2)cc1. The summed E-state index contributed by atoms with van der Waals surface area (Å²) >= 11 is 0. The van der Waals surface area contributed by atoms with Crippen LogP contribution in [0, 0.1) is 6.92 Å². The van der Waals surface area contributed by atoms with Gasteiger partial charge in [-0.15, -0.1) is 5.10 Å². The van der Waals surface area contributed by atoms with E-state index in [2.05, 4.69) is 52.0 Å². The number of rotatable bonds is 4. The molecular formula is C19H21N5. The topological polar surface area (TPSA) is 55.6 Å². The molecule has 1 N–H and O–H groups in total. The number of aryl methyl sites for hydroxylation is 1. The molecule has 1 saturated carbocycles. The minimum absolute atomic E-state index is 0.214. The Kier molecular flexibility index (Phi) is 3.76. The lowest BCUT2D eigenvalue weighted by Gasteiger charge is -2.30. The van der Waals surface area contributed by atoms with E-state index in [4.69, 9.17) is 0 Å². The summed E-state index contributed by atoms with van der Waals surface area (Å²) in [5.74, 6) is 0.895. The van der Waals surface area contributed by atoms with Crippen LogP contribution in [0.4, 0.5) is 5.69 Å². The van der Waals surface area contributed by atoms with Gasteiger partial charge < -0.3 is 5.32 Å². The molecule has 1 fully saturated rings. The fourth-order valence-corrected chi connectivity index (χ4v) is 3.52. The summed E-state index contributed by atoms with van der Waals surface area (Å²) in [6.07, 6.45) is 4.43. The van der Waals surface area contributed by atoms with Crippen molar-refractivity contribution in [1.82, 2.24) is 20.2 Å². The van der Waals surface area contributed by atoms with Crippen LogP contribution in [-0.4, -0.2) is 20.2 Å². The van der Waals surface area contributed by atoms with Gasteiger partial charge in [0.05, 0.1) is 11.2 Å². The van der Waals surface area contributed by atoms with Gasteiger partial charge in [-0.1, -0.05) is 48.7 Å². The third-order valence-electron chi connectivity index (χ3n) is 4.79. The van der Waals surface area contributed by atoms with Crippen molar-refractivity contribution in [2.75, 3.05) is 5.32 Å². The van der Waals surface area contributed by atoms with Crippen LogP contribution in [0.15, 0.2) is 54.6 Å². The lowest BCUT2D eigenvalue weighted by Crippen LogP contribution is -2.35. The first-order chi connectivity index (χ1) is 11.8. The number of benzene rings is 2. The lowest BCUT2D eigenvalue weighted by atomic mass is 9.95. The van der Waals surface area contributed by atoms with E-state index in [1.54, 1.807) is 0 Å². The number of aromatic nitrogens is 4. The monoisotopic (exact) mass is 319 g/mol. The van der Waals surface area contributed by atoms with E-state index >= 15 is 0 Å². The molecular weight excluding hydrogens is 298 g/mol. The van der Waals surface area contributed by atoms with Crippen LogP contribution in [0.2, 0.25) is 0 Å². The Morgan fingerprint density at radius 1 is 0.958 bits per heavy atom. The van der Waals surface area contributed by atoms with Crippen molar-refractivity contribution < 1.29 is 0 Å². The fraction of sp³-hybridized carbons (Fsp3) is 0.316. The molecule has 1 aliphatic rings. The third kappa shape index (κ3) is 2.66. The van der Waals surface area contributed by atoms with Gasteiger partial charge >= 0.3 is 0 Å². The van der Waals surface area contributed by atoms with E-state index in [1.165, 1.54) is 18.4 Å². The van der Waals surface area contributed by atoms with Crippen LogP contribution in [0.3, 0.4) is 0 Å².